The fourth-order valence-electron chi connectivity index (χ4n) is 3.04. The van der Waals surface area contributed by atoms with E-state index in [4.69, 9.17) is 4.74 Å². The SMILES string of the molecule is COc1cccc(N2C[C@@H](C(=O)NCCc3ccc(F)cc3)CC2=O)c1. The highest BCUT2D eigenvalue weighted by molar-refractivity contribution is 6.00. The summed E-state index contributed by atoms with van der Waals surface area (Å²) >= 11 is 0. The summed E-state index contributed by atoms with van der Waals surface area (Å²) in [5.74, 6) is -0.188. The van der Waals surface area contributed by atoms with Crippen LogP contribution in [0.5, 0.6) is 5.75 Å². The van der Waals surface area contributed by atoms with Crippen LogP contribution in [-0.4, -0.2) is 32.0 Å². The largest absolute Gasteiger partial charge is 0.497 e. The molecule has 26 heavy (non-hydrogen) atoms. The maximum absolute atomic E-state index is 12.9. The van der Waals surface area contributed by atoms with Crippen LogP contribution in [0.1, 0.15) is 12.0 Å². The molecule has 2 aromatic carbocycles. The lowest BCUT2D eigenvalue weighted by Gasteiger charge is -2.17. The van der Waals surface area contributed by atoms with E-state index in [0.29, 0.717) is 25.3 Å². The van der Waals surface area contributed by atoms with Gasteiger partial charge in [0.2, 0.25) is 11.8 Å². The second-order valence-electron chi connectivity index (χ2n) is 6.27. The minimum Gasteiger partial charge on any atom is -0.497 e. The molecule has 1 atom stereocenters. The molecule has 0 aromatic heterocycles. The first-order valence-electron chi connectivity index (χ1n) is 8.53. The third kappa shape index (κ3) is 4.20. The van der Waals surface area contributed by atoms with E-state index in [0.717, 1.165) is 11.3 Å². The molecule has 1 saturated heterocycles. The molecule has 3 rings (SSSR count). The number of nitrogens with zero attached hydrogens (tertiary/aromatic N) is 1. The molecule has 1 aliphatic rings. The average Bonchev–Trinajstić information content (AvgIpc) is 3.05. The fourth-order valence-corrected chi connectivity index (χ4v) is 3.04. The number of rotatable bonds is 6. The van der Waals surface area contributed by atoms with Gasteiger partial charge in [0.05, 0.1) is 13.0 Å². The van der Waals surface area contributed by atoms with Gasteiger partial charge >= 0.3 is 0 Å². The third-order valence-electron chi connectivity index (χ3n) is 4.49. The first-order chi connectivity index (χ1) is 12.6. The quantitative estimate of drug-likeness (QED) is 0.865. The molecule has 2 amide bonds. The van der Waals surface area contributed by atoms with Crippen LogP contribution in [0.3, 0.4) is 0 Å². The predicted octanol–water partition coefficient (Wildman–Crippen LogP) is 2.55. The van der Waals surface area contributed by atoms with Gasteiger partial charge in [-0.05, 0) is 36.2 Å². The average molecular weight is 356 g/mol. The first-order valence-corrected chi connectivity index (χ1v) is 8.53. The molecular formula is C20H21FN2O3. The topological polar surface area (TPSA) is 58.6 Å². The van der Waals surface area contributed by atoms with E-state index in [1.807, 2.05) is 18.2 Å². The zero-order valence-electron chi connectivity index (χ0n) is 14.6. The standard InChI is InChI=1S/C20H21FN2O3/c1-26-18-4-2-3-17(12-18)23-13-15(11-19(23)24)20(25)22-10-9-14-5-7-16(21)8-6-14/h2-8,12,15H,9-11,13H2,1H3,(H,22,25)/t15-/m0/s1. The molecular weight excluding hydrogens is 335 g/mol. The van der Waals surface area contributed by atoms with Crippen LogP contribution in [0.4, 0.5) is 10.1 Å². The highest BCUT2D eigenvalue weighted by atomic mass is 19.1. The van der Waals surface area contributed by atoms with Gasteiger partial charge < -0.3 is 15.0 Å². The smallest absolute Gasteiger partial charge is 0.227 e. The number of benzene rings is 2. The van der Waals surface area contributed by atoms with Crippen molar-refractivity contribution in [3.05, 3.63) is 59.9 Å². The van der Waals surface area contributed by atoms with E-state index in [2.05, 4.69) is 5.32 Å². The van der Waals surface area contributed by atoms with Crippen molar-refractivity contribution >= 4 is 17.5 Å². The molecule has 0 spiro atoms. The van der Waals surface area contributed by atoms with Crippen LogP contribution in [0.2, 0.25) is 0 Å². The van der Waals surface area contributed by atoms with Gasteiger partial charge in [-0.25, -0.2) is 4.39 Å². The maximum atomic E-state index is 12.9. The lowest BCUT2D eigenvalue weighted by molar-refractivity contribution is -0.126. The number of ether oxygens (including phenoxy) is 1. The normalized spacial score (nSPS) is 16.6. The molecule has 0 bridgehead atoms. The van der Waals surface area contributed by atoms with Crippen molar-refractivity contribution in [2.45, 2.75) is 12.8 Å². The second-order valence-corrected chi connectivity index (χ2v) is 6.27. The number of amides is 2. The van der Waals surface area contributed by atoms with Crippen LogP contribution < -0.4 is 15.0 Å². The zero-order valence-corrected chi connectivity index (χ0v) is 14.6. The summed E-state index contributed by atoms with van der Waals surface area (Å²) in [6, 6.07) is 13.4. The fraction of sp³-hybridized carbons (Fsp3) is 0.300. The molecule has 0 aliphatic carbocycles. The number of anilines is 1. The highest BCUT2D eigenvalue weighted by Gasteiger charge is 2.35. The number of carbonyl (C=O) groups is 2. The molecule has 5 nitrogen and oxygen atoms in total. The van der Waals surface area contributed by atoms with Crippen molar-refractivity contribution in [1.29, 1.82) is 0 Å². The van der Waals surface area contributed by atoms with Gasteiger partial charge in [0.1, 0.15) is 11.6 Å². The minimum atomic E-state index is -0.373. The Kier molecular flexibility index (Phi) is 5.51. The van der Waals surface area contributed by atoms with E-state index in [-0.39, 0.29) is 30.0 Å². The molecule has 136 valence electrons. The highest BCUT2D eigenvalue weighted by Crippen LogP contribution is 2.27. The summed E-state index contributed by atoms with van der Waals surface area (Å²) in [6.07, 6.45) is 0.811. The van der Waals surface area contributed by atoms with Crippen molar-refractivity contribution < 1.29 is 18.7 Å². The third-order valence-corrected chi connectivity index (χ3v) is 4.49. The van der Waals surface area contributed by atoms with Gasteiger partial charge in [-0.1, -0.05) is 18.2 Å². The van der Waals surface area contributed by atoms with E-state index in [1.165, 1.54) is 12.1 Å². The monoisotopic (exact) mass is 356 g/mol. The number of methoxy groups -OCH3 is 1. The van der Waals surface area contributed by atoms with Crippen molar-refractivity contribution in [2.24, 2.45) is 5.92 Å². The van der Waals surface area contributed by atoms with Crippen LogP contribution in [0, 0.1) is 11.7 Å². The molecule has 2 aromatic rings. The lowest BCUT2D eigenvalue weighted by Crippen LogP contribution is -2.34. The van der Waals surface area contributed by atoms with Crippen LogP contribution >= 0.6 is 0 Å². The molecule has 0 radical (unpaired) electrons. The molecule has 1 fully saturated rings. The molecule has 0 unspecified atom stereocenters. The molecule has 1 N–H and O–H groups in total. The predicted molar refractivity (Wildman–Crippen MR) is 96.6 cm³/mol. The minimum absolute atomic E-state index is 0.0723. The Morgan fingerprint density at radius 2 is 2.04 bits per heavy atom. The maximum Gasteiger partial charge on any atom is 0.227 e. The Bertz CT molecular complexity index is 792. The summed E-state index contributed by atoms with van der Waals surface area (Å²) in [5.41, 5.74) is 1.68. The van der Waals surface area contributed by atoms with Crippen LogP contribution in [0.15, 0.2) is 48.5 Å². The van der Waals surface area contributed by atoms with Crippen molar-refractivity contribution in [3.8, 4) is 5.75 Å². The number of hydrogen-bond donors (Lipinski definition) is 1. The van der Waals surface area contributed by atoms with Gasteiger partial charge in [0.25, 0.3) is 0 Å². The Morgan fingerprint density at radius 1 is 1.27 bits per heavy atom. The van der Waals surface area contributed by atoms with E-state index < -0.39 is 0 Å². The van der Waals surface area contributed by atoms with E-state index in [1.54, 1.807) is 30.2 Å². The van der Waals surface area contributed by atoms with Gasteiger partial charge in [-0.3, -0.25) is 9.59 Å². The van der Waals surface area contributed by atoms with Crippen molar-refractivity contribution in [2.75, 3.05) is 25.1 Å². The van der Waals surface area contributed by atoms with Gasteiger partial charge in [-0.15, -0.1) is 0 Å². The van der Waals surface area contributed by atoms with E-state index >= 15 is 0 Å². The Balaban J connectivity index is 1.54. The van der Waals surface area contributed by atoms with Gasteiger partial charge in [0.15, 0.2) is 0 Å². The number of carbonyl (C=O) groups excluding carboxylic acids is 2. The number of hydrogen-bond acceptors (Lipinski definition) is 3. The van der Waals surface area contributed by atoms with Gasteiger partial charge in [-0.2, -0.15) is 0 Å². The van der Waals surface area contributed by atoms with Crippen molar-refractivity contribution in [3.63, 3.8) is 0 Å². The first kappa shape index (κ1) is 17.9. The molecule has 0 saturated carbocycles. The summed E-state index contributed by atoms with van der Waals surface area (Å²) in [5, 5.41) is 2.87. The summed E-state index contributed by atoms with van der Waals surface area (Å²) < 4.78 is 18.1. The molecule has 1 aliphatic heterocycles. The number of nitrogens with one attached hydrogen (secondary N) is 1. The zero-order chi connectivity index (χ0) is 18.5. The summed E-state index contributed by atoms with van der Waals surface area (Å²) in [7, 11) is 1.57. The molecule has 6 heteroatoms. The van der Waals surface area contributed by atoms with Gasteiger partial charge in [0, 0.05) is 31.3 Å². The second kappa shape index (κ2) is 7.99. The van der Waals surface area contributed by atoms with Crippen LogP contribution in [-0.2, 0) is 16.0 Å². The Hall–Kier alpha value is -2.89. The Morgan fingerprint density at radius 3 is 2.77 bits per heavy atom. The van der Waals surface area contributed by atoms with Crippen LogP contribution in [0.25, 0.3) is 0 Å². The lowest BCUT2D eigenvalue weighted by atomic mass is 10.1. The number of halogens is 1. The van der Waals surface area contributed by atoms with E-state index in [9.17, 15) is 14.0 Å². The molecule has 1 heterocycles. The van der Waals surface area contributed by atoms with Crippen molar-refractivity contribution in [1.82, 2.24) is 5.32 Å². The summed E-state index contributed by atoms with van der Waals surface area (Å²) in [4.78, 5) is 26.3. The Labute approximate surface area is 151 Å². The summed E-state index contributed by atoms with van der Waals surface area (Å²) in [6.45, 7) is 0.808.